The summed E-state index contributed by atoms with van der Waals surface area (Å²) in [5.41, 5.74) is 3.62. The standard InChI is InChI=1S/C27H28O2/c1-29-27(20-13-17-12-18(15-20)16-21(27)14-17)26-7-3-5-24-23(4-2-6-25(24)26)19-8-10-22(28)11-9-19/h2-11,17-18,20-21,28H,12-16H2,1H3. The van der Waals surface area contributed by atoms with Crippen molar-refractivity contribution in [3.63, 3.8) is 0 Å². The Morgan fingerprint density at radius 2 is 1.38 bits per heavy atom. The Hall–Kier alpha value is -2.32. The second-order valence-electron chi connectivity index (χ2n) is 9.55. The molecule has 3 aromatic rings. The molecule has 7 rings (SSSR count). The van der Waals surface area contributed by atoms with E-state index in [1.54, 1.807) is 12.1 Å². The third kappa shape index (κ3) is 2.45. The fraction of sp³-hybridized carbons (Fsp3) is 0.407. The zero-order chi connectivity index (χ0) is 19.6. The molecule has 0 amide bonds. The van der Waals surface area contributed by atoms with Crippen molar-refractivity contribution in [3.05, 3.63) is 66.2 Å². The molecule has 2 heteroatoms. The maximum atomic E-state index is 9.70. The minimum Gasteiger partial charge on any atom is -0.508 e. The Bertz CT molecular complexity index is 1040. The number of phenols is 1. The number of fused-ring (bicyclic) bond motifs is 1. The Morgan fingerprint density at radius 3 is 2.03 bits per heavy atom. The van der Waals surface area contributed by atoms with Crippen LogP contribution >= 0.6 is 0 Å². The zero-order valence-electron chi connectivity index (χ0n) is 17.0. The van der Waals surface area contributed by atoms with Crippen LogP contribution in [0.4, 0.5) is 0 Å². The van der Waals surface area contributed by atoms with E-state index < -0.39 is 0 Å². The molecule has 4 fully saturated rings. The molecule has 0 saturated heterocycles. The maximum absolute atomic E-state index is 9.70. The average Bonchev–Trinajstić information content (AvgIpc) is 2.74. The van der Waals surface area contributed by atoms with Crippen LogP contribution in [0.25, 0.3) is 21.9 Å². The molecule has 0 aliphatic heterocycles. The van der Waals surface area contributed by atoms with E-state index >= 15 is 0 Å². The van der Waals surface area contributed by atoms with E-state index in [0.29, 0.717) is 17.6 Å². The Labute approximate surface area is 172 Å². The van der Waals surface area contributed by atoms with Gasteiger partial charge in [0, 0.05) is 7.11 Å². The number of hydrogen-bond acceptors (Lipinski definition) is 2. The van der Waals surface area contributed by atoms with Crippen molar-refractivity contribution in [1.29, 1.82) is 0 Å². The van der Waals surface area contributed by atoms with E-state index in [2.05, 4.69) is 36.4 Å². The van der Waals surface area contributed by atoms with Crippen LogP contribution in [0.5, 0.6) is 5.75 Å². The number of hydrogen-bond donors (Lipinski definition) is 1. The zero-order valence-corrected chi connectivity index (χ0v) is 17.0. The van der Waals surface area contributed by atoms with Crippen molar-refractivity contribution in [1.82, 2.24) is 0 Å². The Morgan fingerprint density at radius 1 is 0.759 bits per heavy atom. The molecule has 4 bridgehead atoms. The molecule has 4 aliphatic rings. The van der Waals surface area contributed by atoms with Gasteiger partial charge in [0.05, 0.1) is 5.60 Å². The first-order valence-corrected chi connectivity index (χ1v) is 11.1. The van der Waals surface area contributed by atoms with E-state index in [0.717, 1.165) is 17.4 Å². The minimum atomic E-state index is -0.138. The van der Waals surface area contributed by atoms with Gasteiger partial charge in [-0.15, -0.1) is 0 Å². The number of methoxy groups -OCH3 is 1. The van der Waals surface area contributed by atoms with Crippen LogP contribution in [-0.4, -0.2) is 12.2 Å². The average molecular weight is 385 g/mol. The van der Waals surface area contributed by atoms with Crippen LogP contribution in [0.3, 0.4) is 0 Å². The molecule has 0 aromatic heterocycles. The Balaban J connectivity index is 1.55. The maximum Gasteiger partial charge on any atom is 0.115 e. The van der Waals surface area contributed by atoms with Gasteiger partial charge in [-0.2, -0.15) is 0 Å². The van der Waals surface area contributed by atoms with Crippen LogP contribution in [0.1, 0.15) is 37.7 Å². The molecule has 0 spiro atoms. The van der Waals surface area contributed by atoms with E-state index in [4.69, 9.17) is 4.74 Å². The van der Waals surface area contributed by atoms with Gasteiger partial charge in [-0.1, -0.05) is 48.5 Å². The number of ether oxygens (including phenoxy) is 1. The molecule has 0 unspecified atom stereocenters. The fourth-order valence-electron chi connectivity index (χ4n) is 7.31. The SMILES string of the molecule is COC1(c2cccc3c(-c4ccc(O)cc4)cccc23)C2CC3CC(C2)CC1C3. The summed E-state index contributed by atoms with van der Waals surface area (Å²) in [5.74, 6) is 3.44. The van der Waals surface area contributed by atoms with Crippen LogP contribution in [-0.2, 0) is 10.3 Å². The van der Waals surface area contributed by atoms with Crippen molar-refractivity contribution in [2.45, 2.75) is 37.7 Å². The van der Waals surface area contributed by atoms with Crippen molar-refractivity contribution >= 4 is 10.8 Å². The lowest BCUT2D eigenvalue weighted by Crippen LogP contribution is -2.56. The van der Waals surface area contributed by atoms with Gasteiger partial charge < -0.3 is 9.84 Å². The highest BCUT2D eigenvalue weighted by atomic mass is 16.5. The van der Waals surface area contributed by atoms with E-state index in [1.807, 2.05) is 19.2 Å². The molecule has 0 heterocycles. The lowest BCUT2D eigenvalue weighted by Gasteiger charge is -2.60. The molecular weight excluding hydrogens is 356 g/mol. The number of phenolic OH excluding ortho intramolecular Hbond substituents is 1. The summed E-state index contributed by atoms with van der Waals surface area (Å²) in [4.78, 5) is 0. The third-order valence-corrected chi connectivity index (χ3v) is 8.21. The molecule has 148 valence electrons. The number of aromatic hydroxyl groups is 1. The molecule has 0 radical (unpaired) electrons. The van der Waals surface area contributed by atoms with Crippen molar-refractivity contribution in [3.8, 4) is 16.9 Å². The normalized spacial score (nSPS) is 32.7. The molecule has 2 nitrogen and oxygen atoms in total. The second kappa shape index (κ2) is 6.34. The van der Waals surface area contributed by atoms with E-state index in [-0.39, 0.29) is 5.60 Å². The molecule has 4 aliphatic carbocycles. The second-order valence-corrected chi connectivity index (χ2v) is 9.55. The first kappa shape index (κ1) is 17.5. The van der Waals surface area contributed by atoms with Gasteiger partial charge in [0.15, 0.2) is 0 Å². The topological polar surface area (TPSA) is 29.5 Å². The predicted octanol–water partition coefficient (Wildman–Crippen LogP) is 6.51. The van der Waals surface area contributed by atoms with Gasteiger partial charge in [0.1, 0.15) is 5.75 Å². The summed E-state index contributed by atoms with van der Waals surface area (Å²) in [5, 5.41) is 12.3. The first-order valence-electron chi connectivity index (χ1n) is 11.1. The van der Waals surface area contributed by atoms with Crippen LogP contribution in [0.2, 0.25) is 0 Å². The molecule has 29 heavy (non-hydrogen) atoms. The molecular formula is C27H28O2. The fourth-order valence-corrected chi connectivity index (χ4v) is 7.31. The summed E-state index contributed by atoms with van der Waals surface area (Å²) in [6.45, 7) is 0. The molecule has 3 aromatic carbocycles. The summed E-state index contributed by atoms with van der Waals surface area (Å²) in [6.07, 6.45) is 6.76. The number of benzene rings is 3. The predicted molar refractivity (Wildman–Crippen MR) is 117 cm³/mol. The summed E-state index contributed by atoms with van der Waals surface area (Å²) >= 11 is 0. The van der Waals surface area contributed by atoms with Gasteiger partial charge in [0.2, 0.25) is 0 Å². The van der Waals surface area contributed by atoms with Gasteiger partial charge in [-0.25, -0.2) is 0 Å². The van der Waals surface area contributed by atoms with Crippen LogP contribution in [0.15, 0.2) is 60.7 Å². The van der Waals surface area contributed by atoms with Crippen molar-refractivity contribution in [2.24, 2.45) is 23.7 Å². The lowest BCUT2D eigenvalue weighted by molar-refractivity contribution is -0.196. The summed E-state index contributed by atoms with van der Waals surface area (Å²) in [6, 6.07) is 21.0. The largest absolute Gasteiger partial charge is 0.508 e. The monoisotopic (exact) mass is 384 g/mol. The summed E-state index contributed by atoms with van der Waals surface area (Å²) < 4.78 is 6.54. The molecule has 4 saturated carbocycles. The highest BCUT2D eigenvalue weighted by Gasteiger charge is 2.58. The lowest BCUT2D eigenvalue weighted by atomic mass is 9.48. The smallest absolute Gasteiger partial charge is 0.115 e. The third-order valence-electron chi connectivity index (χ3n) is 8.21. The Kier molecular flexibility index (Phi) is 3.83. The van der Waals surface area contributed by atoms with Gasteiger partial charge >= 0.3 is 0 Å². The quantitative estimate of drug-likeness (QED) is 0.558. The minimum absolute atomic E-state index is 0.138. The van der Waals surface area contributed by atoms with E-state index in [9.17, 15) is 5.11 Å². The molecule has 0 atom stereocenters. The van der Waals surface area contributed by atoms with Crippen molar-refractivity contribution < 1.29 is 9.84 Å². The highest BCUT2D eigenvalue weighted by Crippen LogP contribution is 2.63. The number of rotatable bonds is 3. The van der Waals surface area contributed by atoms with Crippen LogP contribution < -0.4 is 0 Å². The van der Waals surface area contributed by atoms with Crippen molar-refractivity contribution in [2.75, 3.05) is 7.11 Å². The van der Waals surface area contributed by atoms with Gasteiger partial charge in [0.25, 0.3) is 0 Å². The first-order chi connectivity index (χ1) is 14.2. The highest BCUT2D eigenvalue weighted by molar-refractivity contribution is 5.98. The molecule has 1 N–H and O–H groups in total. The van der Waals surface area contributed by atoms with Gasteiger partial charge in [-0.3, -0.25) is 0 Å². The van der Waals surface area contributed by atoms with Gasteiger partial charge in [-0.05, 0) is 95.4 Å². The van der Waals surface area contributed by atoms with E-state index in [1.165, 1.54) is 54.0 Å². The summed E-state index contributed by atoms with van der Waals surface area (Å²) in [7, 11) is 1.95. The van der Waals surface area contributed by atoms with Crippen LogP contribution in [0, 0.1) is 23.7 Å².